The number of aromatic nitrogens is 1. The summed E-state index contributed by atoms with van der Waals surface area (Å²) in [5.41, 5.74) is 1.46. The molecule has 1 unspecified atom stereocenters. The van der Waals surface area contributed by atoms with Crippen molar-refractivity contribution in [2.75, 3.05) is 20.2 Å². The van der Waals surface area contributed by atoms with Crippen LogP contribution >= 0.6 is 0 Å². The van der Waals surface area contributed by atoms with Crippen LogP contribution in [0.4, 0.5) is 13.6 Å². The van der Waals surface area contributed by atoms with Gasteiger partial charge in [-0.3, -0.25) is 14.7 Å². The van der Waals surface area contributed by atoms with E-state index in [0.717, 1.165) is 67.9 Å². The van der Waals surface area contributed by atoms with Crippen molar-refractivity contribution in [2.45, 2.75) is 63.5 Å². The zero-order valence-electron chi connectivity index (χ0n) is 22.7. The van der Waals surface area contributed by atoms with Gasteiger partial charge in [-0.05, 0) is 81.3 Å². The number of hydrogen-bond donors (Lipinski definition) is 1. The van der Waals surface area contributed by atoms with Crippen molar-refractivity contribution in [3.8, 4) is 0 Å². The molecule has 1 saturated carbocycles. The third-order valence-corrected chi connectivity index (χ3v) is 8.48. The van der Waals surface area contributed by atoms with Crippen molar-refractivity contribution in [2.24, 2.45) is 5.92 Å². The molecule has 212 valence electrons. The molecular formula is C30H34F2N4O4. The maximum atomic E-state index is 14.2. The molecule has 8 nitrogen and oxygen atoms in total. The summed E-state index contributed by atoms with van der Waals surface area (Å²) in [6.45, 7) is 3.13. The second-order valence-electron chi connectivity index (χ2n) is 10.9. The third kappa shape index (κ3) is 5.63. The van der Waals surface area contributed by atoms with Crippen molar-refractivity contribution in [1.29, 1.82) is 0 Å². The highest BCUT2D eigenvalue weighted by molar-refractivity contribution is 6.02. The number of likely N-dealkylation sites (tertiary alicyclic amines) is 1. The number of carbonyl (C=O) groups is 3. The summed E-state index contributed by atoms with van der Waals surface area (Å²) >= 11 is 0. The molecule has 1 aromatic heterocycles. The van der Waals surface area contributed by atoms with Crippen LogP contribution in [0.2, 0.25) is 0 Å². The Kier molecular flexibility index (Phi) is 8.25. The number of pyridine rings is 1. The molecule has 1 aliphatic carbocycles. The average molecular weight is 553 g/mol. The lowest BCUT2D eigenvalue weighted by Gasteiger charge is -2.37. The molecule has 3 aliphatic rings. The Morgan fingerprint density at radius 1 is 1.07 bits per heavy atom. The number of methoxy groups -OCH3 is 1. The van der Waals surface area contributed by atoms with E-state index in [1.807, 2.05) is 18.3 Å². The maximum absolute atomic E-state index is 14.2. The Morgan fingerprint density at radius 2 is 1.85 bits per heavy atom. The van der Waals surface area contributed by atoms with E-state index in [1.165, 1.54) is 20.1 Å². The molecule has 0 bridgehead atoms. The molecule has 1 N–H and O–H groups in total. The fraction of sp³-hybridized carbons (Fsp3) is 0.467. The zero-order valence-corrected chi connectivity index (χ0v) is 22.7. The van der Waals surface area contributed by atoms with Crippen molar-refractivity contribution in [1.82, 2.24) is 20.1 Å². The standard InChI is InChI=1S/C30H34F2N4O4/c1-18-27(29(38)40-2)28(21-8-11-23(31)24(32)16-21)36(30(39)34-18)26(37)15-19-12-14-35(17-19)22-9-6-20(7-10-22)25-5-3-4-13-33-25/h3-5,8,11,13,16,19-20,22,28H,6-7,9-10,12,14-15,17H2,1-2H3,(H,34,39)/t19-,20?,22?,28?/m0/s1. The second-order valence-corrected chi connectivity index (χ2v) is 10.9. The molecule has 2 fully saturated rings. The van der Waals surface area contributed by atoms with Crippen LogP contribution in [0.5, 0.6) is 0 Å². The molecule has 10 heteroatoms. The van der Waals surface area contributed by atoms with E-state index in [2.05, 4.69) is 21.3 Å². The van der Waals surface area contributed by atoms with Crippen LogP contribution in [-0.2, 0) is 14.3 Å². The van der Waals surface area contributed by atoms with E-state index in [0.29, 0.717) is 12.0 Å². The molecule has 2 aromatic rings. The lowest BCUT2D eigenvalue weighted by Crippen LogP contribution is -2.51. The molecule has 1 saturated heterocycles. The van der Waals surface area contributed by atoms with E-state index < -0.39 is 35.6 Å². The normalized spacial score (nSPS) is 25.6. The van der Waals surface area contributed by atoms with Gasteiger partial charge in [0.05, 0.1) is 12.7 Å². The Labute approximate surface area is 232 Å². The number of urea groups is 1. The number of nitrogens with one attached hydrogen (secondary N) is 1. The van der Waals surface area contributed by atoms with E-state index >= 15 is 0 Å². The summed E-state index contributed by atoms with van der Waals surface area (Å²) in [5, 5.41) is 2.57. The number of allylic oxidation sites excluding steroid dienone is 1. The fourth-order valence-electron chi connectivity index (χ4n) is 6.43. The highest BCUT2D eigenvalue weighted by Crippen LogP contribution is 2.38. The predicted octanol–water partition coefficient (Wildman–Crippen LogP) is 4.84. The first-order chi connectivity index (χ1) is 19.3. The number of nitrogens with zero attached hydrogens (tertiary/aromatic N) is 3. The minimum atomic E-state index is -1.23. The molecule has 2 atom stereocenters. The first-order valence-electron chi connectivity index (χ1n) is 13.8. The van der Waals surface area contributed by atoms with Crippen LogP contribution in [0.1, 0.15) is 68.7 Å². The Bertz CT molecular complexity index is 1310. The van der Waals surface area contributed by atoms with Gasteiger partial charge in [-0.1, -0.05) is 12.1 Å². The minimum Gasteiger partial charge on any atom is -0.466 e. The van der Waals surface area contributed by atoms with Crippen LogP contribution in [0.25, 0.3) is 0 Å². The Morgan fingerprint density at radius 3 is 2.52 bits per heavy atom. The van der Waals surface area contributed by atoms with Crippen molar-refractivity contribution in [3.63, 3.8) is 0 Å². The highest BCUT2D eigenvalue weighted by Gasteiger charge is 2.43. The smallest absolute Gasteiger partial charge is 0.337 e. The molecule has 40 heavy (non-hydrogen) atoms. The number of hydrogen-bond acceptors (Lipinski definition) is 6. The second kappa shape index (κ2) is 11.8. The van der Waals surface area contributed by atoms with Crippen LogP contribution in [0, 0.1) is 17.6 Å². The molecule has 3 amide bonds. The monoisotopic (exact) mass is 552 g/mol. The summed E-state index contributed by atoms with van der Waals surface area (Å²) < 4.78 is 32.8. The number of imide groups is 1. The first kappa shape index (κ1) is 27.9. The Hall–Kier alpha value is -3.66. The Balaban J connectivity index is 1.28. The van der Waals surface area contributed by atoms with Gasteiger partial charge in [0.2, 0.25) is 5.91 Å². The summed E-state index contributed by atoms with van der Waals surface area (Å²) in [6.07, 6.45) is 7.05. The highest BCUT2D eigenvalue weighted by atomic mass is 19.2. The summed E-state index contributed by atoms with van der Waals surface area (Å²) in [4.78, 5) is 47.4. The van der Waals surface area contributed by atoms with Gasteiger partial charge in [-0.25, -0.2) is 18.4 Å². The van der Waals surface area contributed by atoms with Crippen LogP contribution in [0.3, 0.4) is 0 Å². The molecule has 5 rings (SSSR count). The van der Waals surface area contributed by atoms with Gasteiger partial charge in [0.15, 0.2) is 11.6 Å². The molecule has 2 aliphatic heterocycles. The number of halogens is 2. The van der Waals surface area contributed by atoms with Gasteiger partial charge >= 0.3 is 12.0 Å². The van der Waals surface area contributed by atoms with Crippen LogP contribution < -0.4 is 5.32 Å². The quantitative estimate of drug-likeness (QED) is 0.516. The number of rotatable bonds is 6. The van der Waals surface area contributed by atoms with Gasteiger partial charge in [0.1, 0.15) is 6.04 Å². The number of ether oxygens (including phenoxy) is 1. The maximum Gasteiger partial charge on any atom is 0.337 e. The molecule has 0 radical (unpaired) electrons. The van der Waals surface area contributed by atoms with E-state index in [1.54, 1.807) is 0 Å². The number of benzene rings is 1. The minimum absolute atomic E-state index is 0.000766. The van der Waals surface area contributed by atoms with Gasteiger partial charge in [0.25, 0.3) is 0 Å². The van der Waals surface area contributed by atoms with Gasteiger partial charge in [-0.2, -0.15) is 0 Å². The summed E-state index contributed by atoms with van der Waals surface area (Å²) in [6, 6.07) is 7.66. The summed E-state index contributed by atoms with van der Waals surface area (Å²) in [7, 11) is 1.18. The SMILES string of the molecule is COC(=O)C1=C(C)NC(=O)N(C(=O)C[C@@H]2CCN(C3CCC(c4ccccn4)CC3)C2)C1c1ccc(F)c(F)c1. The van der Waals surface area contributed by atoms with Crippen molar-refractivity contribution < 1.29 is 27.9 Å². The number of amides is 3. The number of esters is 1. The zero-order chi connectivity index (χ0) is 28.4. The molecule has 0 spiro atoms. The fourth-order valence-corrected chi connectivity index (χ4v) is 6.43. The van der Waals surface area contributed by atoms with E-state index in [-0.39, 0.29) is 29.2 Å². The van der Waals surface area contributed by atoms with Crippen molar-refractivity contribution >= 4 is 17.9 Å². The van der Waals surface area contributed by atoms with Gasteiger partial charge in [0, 0.05) is 42.5 Å². The topological polar surface area (TPSA) is 91.8 Å². The number of carbonyl (C=O) groups excluding carboxylic acids is 3. The third-order valence-electron chi connectivity index (χ3n) is 8.48. The molecular weight excluding hydrogens is 518 g/mol. The lowest BCUT2D eigenvalue weighted by molar-refractivity contribution is -0.138. The molecule has 1 aromatic carbocycles. The van der Waals surface area contributed by atoms with Crippen LogP contribution in [-0.4, -0.2) is 58.9 Å². The summed E-state index contributed by atoms with van der Waals surface area (Å²) in [5.74, 6) is -2.94. The largest absolute Gasteiger partial charge is 0.466 e. The predicted molar refractivity (Wildman–Crippen MR) is 143 cm³/mol. The average Bonchev–Trinajstić information content (AvgIpc) is 3.42. The molecule has 3 heterocycles. The van der Waals surface area contributed by atoms with Crippen molar-refractivity contribution in [3.05, 3.63) is 76.8 Å². The lowest BCUT2D eigenvalue weighted by atomic mass is 9.83. The van der Waals surface area contributed by atoms with Gasteiger partial charge in [-0.15, -0.1) is 0 Å². The van der Waals surface area contributed by atoms with E-state index in [9.17, 15) is 23.2 Å². The van der Waals surface area contributed by atoms with E-state index in [4.69, 9.17) is 4.74 Å². The van der Waals surface area contributed by atoms with Gasteiger partial charge < -0.3 is 15.0 Å². The first-order valence-corrected chi connectivity index (χ1v) is 13.8. The van der Waals surface area contributed by atoms with Crippen LogP contribution in [0.15, 0.2) is 53.9 Å².